The van der Waals surface area contributed by atoms with Crippen molar-refractivity contribution in [1.82, 2.24) is 25.5 Å². The van der Waals surface area contributed by atoms with Gasteiger partial charge in [0.05, 0.1) is 20.0 Å². The van der Waals surface area contributed by atoms with Crippen molar-refractivity contribution in [1.29, 1.82) is 0 Å². The van der Waals surface area contributed by atoms with Crippen molar-refractivity contribution in [2.45, 2.75) is 38.4 Å². The maximum absolute atomic E-state index is 12.3. The van der Waals surface area contributed by atoms with Crippen LogP contribution in [0, 0.1) is 12.8 Å². The summed E-state index contributed by atoms with van der Waals surface area (Å²) >= 11 is 1.17. The SMILES string of the molecule is COC(=O)[C@H](CC(C)C)NC(=O)CSc1nnnn1-c1cc(C)ccc1OC. The molecule has 1 aromatic carbocycles. The number of aromatic nitrogens is 4. The largest absolute Gasteiger partial charge is 0.494 e. The lowest BCUT2D eigenvalue weighted by Gasteiger charge is -2.18. The van der Waals surface area contributed by atoms with Crippen molar-refractivity contribution in [3.8, 4) is 11.4 Å². The van der Waals surface area contributed by atoms with E-state index in [2.05, 4.69) is 20.8 Å². The third-order valence-electron chi connectivity index (χ3n) is 3.86. The van der Waals surface area contributed by atoms with Crippen LogP contribution in [0.15, 0.2) is 23.4 Å². The Morgan fingerprint density at radius 3 is 2.68 bits per heavy atom. The second-order valence-corrected chi connectivity index (χ2v) is 7.55. The van der Waals surface area contributed by atoms with E-state index in [1.54, 1.807) is 7.11 Å². The van der Waals surface area contributed by atoms with Crippen LogP contribution < -0.4 is 10.1 Å². The second-order valence-electron chi connectivity index (χ2n) is 6.61. The zero-order valence-electron chi connectivity index (χ0n) is 16.6. The van der Waals surface area contributed by atoms with Crippen LogP contribution >= 0.6 is 11.8 Å². The Kier molecular flexibility index (Phi) is 7.80. The summed E-state index contributed by atoms with van der Waals surface area (Å²) in [7, 11) is 2.88. The average Bonchev–Trinajstić information content (AvgIpc) is 3.13. The van der Waals surface area contributed by atoms with Crippen LogP contribution in [0.5, 0.6) is 5.75 Å². The number of ether oxygens (including phenoxy) is 2. The highest BCUT2D eigenvalue weighted by Gasteiger charge is 2.23. The minimum atomic E-state index is -0.675. The number of tetrazole rings is 1. The molecular weight excluding hydrogens is 382 g/mol. The molecule has 28 heavy (non-hydrogen) atoms. The number of aryl methyl sites for hydroxylation is 1. The molecule has 0 spiro atoms. The number of rotatable bonds is 9. The predicted molar refractivity (Wildman–Crippen MR) is 105 cm³/mol. The molecule has 2 aromatic rings. The Hall–Kier alpha value is -2.62. The van der Waals surface area contributed by atoms with Gasteiger partial charge in [0.25, 0.3) is 0 Å². The predicted octanol–water partition coefficient (Wildman–Crippen LogP) is 1.78. The van der Waals surface area contributed by atoms with Crippen LogP contribution in [0.1, 0.15) is 25.8 Å². The third-order valence-corrected chi connectivity index (χ3v) is 4.78. The minimum Gasteiger partial charge on any atom is -0.494 e. The van der Waals surface area contributed by atoms with E-state index < -0.39 is 12.0 Å². The summed E-state index contributed by atoms with van der Waals surface area (Å²) in [6.45, 7) is 5.90. The molecule has 0 unspecified atom stereocenters. The summed E-state index contributed by atoms with van der Waals surface area (Å²) in [6.07, 6.45) is 0.501. The van der Waals surface area contributed by atoms with Gasteiger partial charge in [-0.05, 0) is 47.4 Å². The van der Waals surface area contributed by atoms with Gasteiger partial charge in [0.2, 0.25) is 11.1 Å². The van der Waals surface area contributed by atoms with Crippen molar-refractivity contribution in [2.24, 2.45) is 5.92 Å². The monoisotopic (exact) mass is 407 g/mol. The number of carbonyl (C=O) groups excluding carboxylic acids is 2. The van der Waals surface area contributed by atoms with Crippen molar-refractivity contribution in [3.63, 3.8) is 0 Å². The fourth-order valence-corrected chi connectivity index (χ4v) is 3.27. The molecule has 1 amide bonds. The molecule has 0 radical (unpaired) electrons. The summed E-state index contributed by atoms with van der Waals surface area (Å²) < 4.78 is 11.7. The van der Waals surface area contributed by atoms with Crippen LogP contribution in [0.4, 0.5) is 0 Å². The molecule has 152 valence electrons. The molecule has 0 aliphatic rings. The number of esters is 1. The summed E-state index contributed by atoms with van der Waals surface area (Å²) in [5, 5.41) is 14.9. The lowest BCUT2D eigenvalue weighted by molar-refractivity contribution is -0.145. The summed E-state index contributed by atoms with van der Waals surface area (Å²) in [5.74, 6) is 0.151. The number of hydrogen-bond acceptors (Lipinski definition) is 8. The fraction of sp³-hybridized carbons (Fsp3) is 0.500. The van der Waals surface area contributed by atoms with Crippen LogP contribution in [-0.2, 0) is 14.3 Å². The summed E-state index contributed by atoms with van der Waals surface area (Å²) in [6, 6.07) is 4.98. The van der Waals surface area contributed by atoms with Crippen LogP contribution in [-0.4, -0.2) is 58.1 Å². The zero-order chi connectivity index (χ0) is 20.7. The van der Waals surface area contributed by atoms with Gasteiger partial charge >= 0.3 is 5.97 Å². The first-order valence-electron chi connectivity index (χ1n) is 8.79. The van der Waals surface area contributed by atoms with Gasteiger partial charge in [-0.25, -0.2) is 4.79 Å². The Morgan fingerprint density at radius 1 is 1.29 bits per heavy atom. The van der Waals surface area contributed by atoms with Gasteiger partial charge in [-0.15, -0.1) is 5.10 Å². The molecule has 0 fully saturated rings. The molecule has 1 heterocycles. The lowest BCUT2D eigenvalue weighted by atomic mass is 10.0. The second kappa shape index (κ2) is 10.1. The number of nitrogens with zero attached hydrogens (tertiary/aromatic N) is 4. The number of carbonyl (C=O) groups is 2. The number of nitrogens with one attached hydrogen (secondary N) is 1. The van der Waals surface area contributed by atoms with E-state index in [9.17, 15) is 9.59 Å². The Labute approximate surface area is 168 Å². The average molecular weight is 407 g/mol. The molecule has 0 saturated heterocycles. The Morgan fingerprint density at radius 2 is 2.04 bits per heavy atom. The van der Waals surface area contributed by atoms with E-state index in [-0.39, 0.29) is 17.6 Å². The third kappa shape index (κ3) is 5.69. The molecule has 0 aliphatic carbocycles. The number of amides is 1. The first-order chi connectivity index (χ1) is 13.3. The molecule has 9 nitrogen and oxygen atoms in total. The standard InChI is InChI=1S/C18H25N5O4S/c1-11(2)8-13(17(25)27-5)19-16(24)10-28-18-20-21-22-23(18)14-9-12(3)6-7-15(14)26-4/h6-7,9,11,13H,8,10H2,1-5H3,(H,19,24)/t13-/m0/s1. The van der Waals surface area contributed by atoms with Crippen LogP contribution in [0.2, 0.25) is 0 Å². The Balaban J connectivity index is 2.08. The van der Waals surface area contributed by atoms with E-state index in [4.69, 9.17) is 9.47 Å². The molecular formula is C18H25N5O4S. The van der Waals surface area contributed by atoms with Gasteiger partial charge in [-0.3, -0.25) is 4.79 Å². The van der Waals surface area contributed by atoms with Gasteiger partial charge in [0.15, 0.2) is 0 Å². The van der Waals surface area contributed by atoms with Crippen molar-refractivity contribution in [3.05, 3.63) is 23.8 Å². The van der Waals surface area contributed by atoms with Crippen molar-refractivity contribution >= 4 is 23.6 Å². The molecule has 2 rings (SSSR count). The quantitative estimate of drug-likeness (QED) is 0.495. The van der Waals surface area contributed by atoms with Crippen molar-refractivity contribution in [2.75, 3.05) is 20.0 Å². The number of benzene rings is 1. The van der Waals surface area contributed by atoms with E-state index in [0.717, 1.165) is 5.56 Å². The van der Waals surface area contributed by atoms with E-state index in [0.29, 0.717) is 23.0 Å². The maximum Gasteiger partial charge on any atom is 0.328 e. The van der Waals surface area contributed by atoms with E-state index in [1.165, 1.54) is 23.6 Å². The highest BCUT2D eigenvalue weighted by Crippen LogP contribution is 2.26. The van der Waals surface area contributed by atoms with Crippen molar-refractivity contribution < 1.29 is 19.1 Å². The molecule has 10 heteroatoms. The summed E-state index contributed by atoms with van der Waals surface area (Å²) in [5.41, 5.74) is 1.71. The molecule has 1 aromatic heterocycles. The van der Waals surface area contributed by atoms with E-state index in [1.807, 2.05) is 39.0 Å². The van der Waals surface area contributed by atoms with Gasteiger partial charge in [-0.1, -0.05) is 31.7 Å². The van der Waals surface area contributed by atoms with Gasteiger partial charge in [0.1, 0.15) is 17.5 Å². The fourth-order valence-electron chi connectivity index (χ4n) is 2.58. The van der Waals surface area contributed by atoms with Crippen LogP contribution in [0.25, 0.3) is 5.69 Å². The lowest BCUT2D eigenvalue weighted by Crippen LogP contribution is -2.43. The number of methoxy groups -OCH3 is 2. The van der Waals surface area contributed by atoms with Crippen LogP contribution in [0.3, 0.4) is 0 Å². The molecule has 0 aliphatic heterocycles. The molecule has 0 saturated carbocycles. The first kappa shape index (κ1) is 21.7. The summed E-state index contributed by atoms with van der Waals surface area (Å²) in [4.78, 5) is 24.2. The smallest absolute Gasteiger partial charge is 0.328 e. The first-order valence-corrected chi connectivity index (χ1v) is 9.77. The maximum atomic E-state index is 12.3. The zero-order valence-corrected chi connectivity index (χ0v) is 17.4. The topological polar surface area (TPSA) is 108 Å². The van der Waals surface area contributed by atoms with Gasteiger partial charge < -0.3 is 14.8 Å². The van der Waals surface area contributed by atoms with E-state index >= 15 is 0 Å². The molecule has 1 atom stereocenters. The number of thioether (sulfide) groups is 1. The van der Waals surface area contributed by atoms with Gasteiger partial charge in [-0.2, -0.15) is 4.68 Å². The Bertz CT molecular complexity index is 824. The molecule has 1 N–H and O–H groups in total. The molecule has 0 bridgehead atoms. The number of hydrogen-bond donors (Lipinski definition) is 1. The highest BCUT2D eigenvalue weighted by molar-refractivity contribution is 7.99. The normalized spacial score (nSPS) is 11.9. The van der Waals surface area contributed by atoms with Gasteiger partial charge in [0, 0.05) is 0 Å². The highest BCUT2D eigenvalue weighted by atomic mass is 32.2. The minimum absolute atomic E-state index is 0.0556.